The molecular weight excluding hydrogens is 434 g/mol. The van der Waals surface area contributed by atoms with E-state index in [9.17, 15) is 18.3 Å². The number of nitrogens with zero attached hydrogens (tertiary/aromatic N) is 1. The van der Waals surface area contributed by atoms with Crippen LogP contribution in [0.1, 0.15) is 43.8 Å². The number of benzene rings is 2. The molecule has 0 saturated heterocycles. The van der Waals surface area contributed by atoms with E-state index in [4.69, 9.17) is 14.2 Å². The SMILES string of the molecule is Cc1ccccc1C1OC=C(N2C(C(=O)OC(C)(C)C)=C(O)c3ccccc3S2(=O)=O)O1. The lowest BCUT2D eigenvalue weighted by Gasteiger charge is -2.32. The van der Waals surface area contributed by atoms with Gasteiger partial charge in [-0.25, -0.2) is 13.2 Å². The second-order valence-corrected chi connectivity index (χ2v) is 10.1. The smallest absolute Gasteiger partial charge is 0.360 e. The molecule has 9 heteroatoms. The van der Waals surface area contributed by atoms with Crippen LogP contribution in [0.15, 0.2) is 71.3 Å². The third kappa shape index (κ3) is 3.69. The summed E-state index contributed by atoms with van der Waals surface area (Å²) < 4.78 is 44.5. The Balaban J connectivity index is 1.81. The largest absolute Gasteiger partial charge is 0.505 e. The van der Waals surface area contributed by atoms with Gasteiger partial charge in [0.05, 0.1) is 4.90 Å². The van der Waals surface area contributed by atoms with Gasteiger partial charge in [0.15, 0.2) is 11.5 Å². The van der Waals surface area contributed by atoms with Crippen molar-refractivity contribution < 1.29 is 32.5 Å². The number of ether oxygens (including phenoxy) is 3. The average Bonchev–Trinajstić information content (AvgIpc) is 3.18. The summed E-state index contributed by atoms with van der Waals surface area (Å²) in [6.07, 6.45) is 0.195. The van der Waals surface area contributed by atoms with E-state index in [0.29, 0.717) is 9.87 Å². The molecule has 0 aromatic heterocycles. The maximum Gasteiger partial charge on any atom is 0.360 e. The molecule has 0 aliphatic carbocycles. The predicted octanol–water partition coefficient (Wildman–Crippen LogP) is 4.11. The fraction of sp³-hybridized carbons (Fsp3) is 0.261. The van der Waals surface area contributed by atoms with Crippen LogP contribution >= 0.6 is 0 Å². The maximum atomic E-state index is 13.5. The van der Waals surface area contributed by atoms with Crippen LogP contribution < -0.4 is 0 Å². The molecule has 0 bridgehead atoms. The highest BCUT2D eigenvalue weighted by molar-refractivity contribution is 7.89. The van der Waals surface area contributed by atoms with Gasteiger partial charge in [-0.15, -0.1) is 0 Å². The summed E-state index contributed by atoms with van der Waals surface area (Å²) in [6, 6.07) is 13.2. The summed E-state index contributed by atoms with van der Waals surface area (Å²) in [4.78, 5) is 12.9. The molecule has 0 fully saturated rings. The standard InChI is InChI=1S/C23H23NO7S/c1-14-9-5-6-10-15(14)22-29-13-18(30-22)24-19(21(26)31-23(2,3)4)20(25)16-11-7-8-12-17(16)32(24,27)28/h5-13,22,25H,1-4H3. The molecule has 0 radical (unpaired) electrons. The zero-order chi connectivity index (χ0) is 23.3. The molecule has 2 aromatic rings. The van der Waals surface area contributed by atoms with Crippen LogP contribution in [-0.4, -0.2) is 29.4 Å². The highest BCUT2D eigenvalue weighted by Gasteiger charge is 2.46. The summed E-state index contributed by atoms with van der Waals surface area (Å²) in [5.41, 5.74) is 0.0748. The molecular formula is C23H23NO7S. The van der Waals surface area contributed by atoms with Crippen LogP contribution in [0.3, 0.4) is 0 Å². The molecule has 2 aliphatic heterocycles. The summed E-state index contributed by atoms with van der Waals surface area (Å²) in [7, 11) is -4.32. The van der Waals surface area contributed by atoms with Crippen molar-refractivity contribution in [2.45, 2.75) is 44.5 Å². The Morgan fingerprint density at radius 3 is 2.44 bits per heavy atom. The average molecular weight is 458 g/mol. The normalized spacial score (nSPS) is 19.6. The van der Waals surface area contributed by atoms with Crippen LogP contribution in [-0.2, 0) is 29.0 Å². The Morgan fingerprint density at radius 2 is 1.75 bits per heavy atom. The van der Waals surface area contributed by atoms with Gasteiger partial charge in [-0.3, -0.25) is 0 Å². The number of aryl methyl sites for hydroxylation is 1. The quantitative estimate of drug-likeness (QED) is 0.692. The highest BCUT2D eigenvalue weighted by atomic mass is 32.2. The number of aliphatic hydroxyl groups excluding tert-OH is 1. The van der Waals surface area contributed by atoms with E-state index in [2.05, 4.69) is 0 Å². The number of sulfonamides is 1. The number of carbonyl (C=O) groups is 1. The zero-order valence-electron chi connectivity index (χ0n) is 18.0. The van der Waals surface area contributed by atoms with Crippen molar-refractivity contribution in [3.05, 3.63) is 83.1 Å². The Bertz CT molecular complexity index is 1260. The second kappa shape index (κ2) is 7.59. The van der Waals surface area contributed by atoms with E-state index < -0.39 is 39.3 Å². The number of esters is 1. The van der Waals surface area contributed by atoms with E-state index >= 15 is 0 Å². The van der Waals surface area contributed by atoms with Gasteiger partial charge in [-0.05, 0) is 45.4 Å². The van der Waals surface area contributed by atoms with Crippen LogP contribution in [0, 0.1) is 6.92 Å². The van der Waals surface area contributed by atoms with E-state index in [1.807, 2.05) is 19.1 Å². The Morgan fingerprint density at radius 1 is 1.09 bits per heavy atom. The number of hydrogen-bond acceptors (Lipinski definition) is 7. The molecule has 2 heterocycles. The van der Waals surface area contributed by atoms with Crippen LogP contribution in [0.4, 0.5) is 0 Å². The number of carbonyl (C=O) groups excluding carboxylic acids is 1. The third-order valence-corrected chi connectivity index (χ3v) is 6.60. The summed E-state index contributed by atoms with van der Waals surface area (Å²) in [5, 5.41) is 10.9. The lowest BCUT2D eigenvalue weighted by molar-refractivity contribution is -0.151. The monoisotopic (exact) mass is 457 g/mol. The van der Waals surface area contributed by atoms with E-state index in [-0.39, 0.29) is 16.3 Å². The Hall–Kier alpha value is -3.46. The van der Waals surface area contributed by atoms with Gasteiger partial charge >= 0.3 is 5.97 Å². The lowest BCUT2D eigenvalue weighted by atomic mass is 10.1. The van der Waals surface area contributed by atoms with Crippen molar-refractivity contribution in [3.63, 3.8) is 0 Å². The van der Waals surface area contributed by atoms with Gasteiger partial charge in [0.2, 0.25) is 5.88 Å². The number of fused-ring (bicyclic) bond motifs is 1. The molecule has 0 amide bonds. The molecule has 0 saturated carbocycles. The molecule has 8 nitrogen and oxygen atoms in total. The van der Waals surface area contributed by atoms with Gasteiger partial charge in [0.25, 0.3) is 16.3 Å². The predicted molar refractivity (Wildman–Crippen MR) is 115 cm³/mol. The first kappa shape index (κ1) is 21.8. The fourth-order valence-corrected chi connectivity index (χ4v) is 5.05. The third-order valence-electron chi connectivity index (χ3n) is 4.84. The minimum absolute atomic E-state index is 0.000390. The first-order valence-electron chi connectivity index (χ1n) is 9.90. The first-order valence-corrected chi connectivity index (χ1v) is 11.3. The molecule has 2 aliphatic rings. The topological polar surface area (TPSA) is 102 Å². The number of hydrogen-bond donors (Lipinski definition) is 1. The van der Waals surface area contributed by atoms with Crippen molar-refractivity contribution in [1.29, 1.82) is 0 Å². The van der Waals surface area contributed by atoms with Crippen LogP contribution in [0.25, 0.3) is 5.76 Å². The van der Waals surface area contributed by atoms with E-state index in [1.165, 1.54) is 18.2 Å². The van der Waals surface area contributed by atoms with Gasteiger partial charge < -0.3 is 19.3 Å². The molecule has 1 atom stereocenters. The highest BCUT2D eigenvalue weighted by Crippen LogP contribution is 2.42. The number of rotatable bonds is 3. The van der Waals surface area contributed by atoms with Crippen molar-refractivity contribution in [3.8, 4) is 0 Å². The fourth-order valence-electron chi connectivity index (χ4n) is 3.43. The molecule has 4 rings (SSSR count). The van der Waals surface area contributed by atoms with Crippen LogP contribution in [0.5, 0.6) is 0 Å². The number of aliphatic hydroxyl groups is 1. The van der Waals surface area contributed by atoms with E-state index in [0.717, 1.165) is 11.8 Å². The summed E-state index contributed by atoms with van der Waals surface area (Å²) in [6.45, 7) is 6.79. The summed E-state index contributed by atoms with van der Waals surface area (Å²) in [5.74, 6) is -1.81. The molecule has 2 aromatic carbocycles. The van der Waals surface area contributed by atoms with Gasteiger partial charge in [-0.1, -0.05) is 36.4 Å². The lowest BCUT2D eigenvalue weighted by Crippen LogP contribution is -2.40. The maximum absolute atomic E-state index is 13.5. The van der Waals surface area contributed by atoms with Crippen molar-refractivity contribution in [1.82, 2.24) is 4.31 Å². The first-order chi connectivity index (χ1) is 15.0. The molecule has 1 N–H and O–H groups in total. The minimum Gasteiger partial charge on any atom is -0.505 e. The van der Waals surface area contributed by atoms with Crippen molar-refractivity contribution in [2.75, 3.05) is 0 Å². The van der Waals surface area contributed by atoms with Crippen LogP contribution in [0.2, 0.25) is 0 Å². The minimum atomic E-state index is -4.32. The van der Waals surface area contributed by atoms with Crippen molar-refractivity contribution >= 4 is 21.8 Å². The summed E-state index contributed by atoms with van der Waals surface area (Å²) >= 11 is 0. The second-order valence-electron chi connectivity index (χ2n) is 8.36. The molecule has 1 unspecified atom stereocenters. The van der Waals surface area contributed by atoms with Gasteiger partial charge in [-0.2, -0.15) is 4.31 Å². The Kier molecular flexibility index (Phi) is 5.16. The van der Waals surface area contributed by atoms with Crippen molar-refractivity contribution in [2.24, 2.45) is 0 Å². The molecule has 168 valence electrons. The molecule has 0 spiro atoms. The molecule has 32 heavy (non-hydrogen) atoms. The Labute approximate surface area is 186 Å². The zero-order valence-corrected chi connectivity index (χ0v) is 18.8. The van der Waals surface area contributed by atoms with Gasteiger partial charge in [0.1, 0.15) is 11.9 Å². The van der Waals surface area contributed by atoms with E-state index in [1.54, 1.807) is 39.0 Å². The van der Waals surface area contributed by atoms with Gasteiger partial charge in [0, 0.05) is 11.1 Å².